The highest BCUT2D eigenvalue weighted by molar-refractivity contribution is 5.80. The Kier molecular flexibility index (Phi) is 8.46. The molecule has 0 saturated carbocycles. The first kappa shape index (κ1) is 16.3. The number of rotatable bonds is 8. The van der Waals surface area contributed by atoms with Crippen molar-refractivity contribution < 1.29 is 14.7 Å². The number of terminal acetylenes is 1. The van der Waals surface area contributed by atoms with Gasteiger partial charge < -0.3 is 15.3 Å². The number of hydrogen-bond acceptors (Lipinski definition) is 2. The zero-order chi connectivity index (χ0) is 14.0. The van der Waals surface area contributed by atoms with Crippen molar-refractivity contribution in [2.24, 2.45) is 5.92 Å². The Morgan fingerprint density at radius 1 is 1.39 bits per heavy atom. The lowest BCUT2D eigenvalue weighted by atomic mass is 10.2. The zero-order valence-corrected chi connectivity index (χ0v) is 11.1. The molecule has 0 spiro atoms. The molecule has 0 aromatic heterocycles. The SMILES string of the molecule is C#CCCCCNC(=O)N(CC(=O)O)CC(C)C. The van der Waals surface area contributed by atoms with Crippen molar-refractivity contribution in [3.8, 4) is 12.3 Å². The van der Waals surface area contributed by atoms with Crippen molar-refractivity contribution in [3.05, 3.63) is 0 Å². The van der Waals surface area contributed by atoms with Crippen molar-refractivity contribution in [1.29, 1.82) is 0 Å². The molecule has 0 radical (unpaired) electrons. The highest BCUT2D eigenvalue weighted by Gasteiger charge is 2.17. The van der Waals surface area contributed by atoms with Gasteiger partial charge >= 0.3 is 12.0 Å². The molecule has 0 fully saturated rings. The van der Waals surface area contributed by atoms with Crippen molar-refractivity contribution in [3.63, 3.8) is 0 Å². The smallest absolute Gasteiger partial charge is 0.323 e. The third kappa shape index (κ3) is 8.45. The van der Waals surface area contributed by atoms with E-state index < -0.39 is 5.97 Å². The van der Waals surface area contributed by atoms with Gasteiger partial charge in [-0.2, -0.15) is 0 Å². The number of nitrogens with zero attached hydrogens (tertiary/aromatic N) is 1. The molecule has 102 valence electrons. The van der Waals surface area contributed by atoms with Gasteiger partial charge in [0.05, 0.1) is 0 Å². The molecule has 0 aromatic carbocycles. The van der Waals surface area contributed by atoms with Gasteiger partial charge in [-0.3, -0.25) is 4.79 Å². The second kappa shape index (κ2) is 9.34. The lowest BCUT2D eigenvalue weighted by Gasteiger charge is -2.23. The highest BCUT2D eigenvalue weighted by atomic mass is 16.4. The van der Waals surface area contributed by atoms with Crippen LogP contribution in [0.4, 0.5) is 4.79 Å². The van der Waals surface area contributed by atoms with Gasteiger partial charge in [0, 0.05) is 19.5 Å². The highest BCUT2D eigenvalue weighted by Crippen LogP contribution is 2.00. The quantitative estimate of drug-likeness (QED) is 0.510. The van der Waals surface area contributed by atoms with Crippen LogP contribution >= 0.6 is 0 Å². The second-order valence-electron chi connectivity index (χ2n) is 4.56. The van der Waals surface area contributed by atoms with Crippen LogP contribution in [0.2, 0.25) is 0 Å². The van der Waals surface area contributed by atoms with Crippen molar-refractivity contribution in [2.45, 2.75) is 33.1 Å². The van der Waals surface area contributed by atoms with E-state index in [2.05, 4.69) is 11.2 Å². The number of hydrogen-bond donors (Lipinski definition) is 2. The molecule has 0 atom stereocenters. The molecule has 0 saturated heterocycles. The molecule has 18 heavy (non-hydrogen) atoms. The predicted octanol–water partition coefficient (Wildman–Crippen LogP) is 1.54. The monoisotopic (exact) mass is 254 g/mol. The normalized spacial score (nSPS) is 9.89. The van der Waals surface area contributed by atoms with E-state index in [0.29, 0.717) is 19.5 Å². The maximum absolute atomic E-state index is 11.8. The third-order valence-corrected chi connectivity index (χ3v) is 2.22. The number of urea groups is 1. The fraction of sp³-hybridized carbons (Fsp3) is 0.692. The van der Waals surface area contributed by atoms with Gasteiger partial charge in [0.25, 0.3) is 0 Å². The standard InChI is InChI=1S/C13H22N2O3/c1-4-5-6-7-8-14-13(18)15(9-11(2)3)10-12(16)17/h1,11H,5-10H2,2-3H3,(H,14,18)(H,16,17). The summed E-state index contributed by atoms with van der Waals surface area (Å²) < 4.78 is 0. The van der Waals surface area contributed by atoms with E-state index in [4.69, 9.17) is 11.5 Å². The maximum Gasteiger partial charge on any atom is 0.323 e. The Labute approximate surface area is 109 Å². The van der Waals surface area contributed by atoms with E-state index >= 15 is 0 Å². The number of unbranched alkanes of at least 4 members (excludes halogenated alkanes) is 2. The average Bonchev–Trinajstić information content (AvgIpc) is 2.26. The Hall–Kier alpha value is -1.70. The summed E-state index contributed by atoms with van der Waals surface area (Å²) in [5.41, 5.74) is 0. The molecule has 0 aliphatic heterocycles. The van der Waals surface area contributed by atoms with Crippen LogP contribution in [-0.2, 0) is 4.79 Å². The Bertz CT molecular complexity index is 308. The Morgan fingerprint density at radius 3 is 2.56 bits per heavy atom. The average molecular weight is 254 g/mol. The van der Waals surface area contributed by atoms with E-state index in [1.165, 1.54) is 4.90 Å². The summed E-state index contributed by atoms with van der Waals surface area (Å²) in [5, 5.41) is 11.5. The molecular weight excluding hydrogens is 232 g/mol. The van der Waals surface area contributed by atoms with E-state index in [-0.39, 0.29) is 18.5 Å². The molecule has 0 aliphatic carbocycles. The minimum Gasteiger partial charge on any atom is -0.480 e. The Balaban J connectivity index is 4.05. The number of carboxylic acids is 1. The van der Waals surface area contributed by atoms with Crippen LogP contribution in [0.25, 0.3) is 0 Å². The lowest BCUT2D eigenvalue weighted by molar-refractivity contribution is -0.137. The summed E-state index contributed by atoms with van der Waals surface area (Å²) >= 11 is 0. The van der Waals surface area contributed by atoms with Crippen LogP contribution < -0.4 is 5.32 Å². The van der Waals surface area contributed by atoms with E-state index in [9.17, 15) is 9.59 Å². The molecule has 5 heteroatoms. The van der Waals surface area contributed by atoms with E-state index in [1.54, 1.807) is 0 Å². The van der Waals surface area contributed by atoms with Crippen molar-refractivity contribution >= 4 is 12.0 Å². The first-order valence-electron chi connectivity index (χ1n) is 6.15. The van der Waals surface area contributed by atoms with Gasteiger partial charge in [-0.25, -0.2) is 4.79 Å². The number of carbonyl (C=O) groups excluding carboxylic acids is 1. The largest absolute Gasteiger partial charge is 0.480 e. The van der Waals surface area contributed by atoms with Crippen LogP contribution in [-0.4, -0.2) is 41.6 Å². The van der Waals surface area contributed by atoms with Gasteiger partial charge in [0.15, 0.2) is 0 Å². The number of amides is 2. The minimum atomic E-state index is -1.00. The van der Waals surface area contributed by atoms with Crippen molar-refractivity contribution in [2.75, 3.05) is 19.6 Å². The summed E-state index contributed by atoms with van der Waals surface area (Å²) in [4.78, 5) is 23.7. The molecule has 0 bridgehead atoms. The van der Waals surface area contributed by atoms with Gasteiger partial charge in [-0.1, -0.05) is 13.8 Å². The molecule has 2 N–H and O–H groups in total. The lowest BCUT2D eigenvalue weighted by Crippen LogP contribution is -2.44. The van der Waals surface area contributed by atoms with Gasteiger partial charge in [0.2, 0.25) is 0 Å². The number of carbonyl (C=O) groups is 2. The third-order valence-electron chi connectivity index (χ3n) is 2.22. The molecule has 0 rings (SSSR count). The van der Waals surface area contributed by atoms with Gasteiger partial charge in [0.1, 0.15) is 6.54 Å². The fourth-order valence-corrected chi connectivity index (χ4v) is 1.48. The fourth-order valence-electron chi connectivity index (χ4n) is 1.48. The summed E-state index contributed by atoms with van der Waals surface area (Å²) in [5.74, 6) is 1.76. The predicted molar refractivity (Wildman–Crippen MR) is 70.1 cm³/mol. The zero-order valence-electron chi connectivity index (χ0n) is 11.1. The summed E-state index contributed by atoms with van der Waals surface area (Å²) in [6, 6.07) is -0.327. The summed E-state index contributed by atoms with van der Waals surface area (Å²) in [6.45, 7) is 4.57. The second-order valence-corrected chi connectivity index (χ2v) is 4.56. The molecule has 5 nitrogen and oxygen atoms in total. The molecule has 0 aromatic rings. The Morgan fingerprint density at radius 2 is 2.06 bits per heavy atom. The van der Waals surface area contributed by atoms with Crippen LogP contribution in [0, 0.1) is 18.3 Å². The number of carboxylic acid groups (broad SMARTS) is 1. The molecule has 0 aliphatic rings. The molecule has 0 heterocycles. The summed E-state index contributed by atoms with van der Waals surface area (Å²) in [7, 11) is 0. The maximum atomic E-state index is 11.8. The first-order valence-corrected chi connectivity index (χ1v) is 6.15. The molecule has 2 amide bonds. The number of nitrogens with one attached hydrogen (secondary N) is 1. The van der Waals surface area contributed by atoms with Gasteiger partial charge in [-0.15, -0.1) is 12.3 Å². The first-order chi connectivity index (χ1) is 8.47. The van der Waals surface area contributed by atoms with Crippen LogP contribution in [0.3, 0.4) is 0 Å². The topological polar surface area (TPSA) is 69.6 Å². The van der Waals surface area contributed by atoms with Crippen LogP contribution in [0.1, 0.15) is 33.1 Å². The molecular formula is C13H22N2O3. The minimum absolute atomic E-state index is 0.233. The summed E-state index contributed by atoms with van der Waals surface area (Å²) in [6.07, 6.45) is 7.48. The van der Waals surface area contributed by atoms with Crippen LogP contribution in [0.15, 0.2) is 0 Å². The molecule has 0 unspecified atom stereocenters. The van der Waals surface area contributed by atoms with Gasteiger partial charge in [-0.05, 0) is 18.8 Å². The van der Waals surface area contributed by atoms with Crippen LogP contribution in [0.5, 0.6) is 0 Å². The van der Waals surface area contributed by atoms with Crippen molar-refractivity contribution in [1.82, 2.24) is 10.2 Å². The van der Waals surface area contributed by atoms with E-state index in [0.717, 1.165) is 12.8 Å². The van der Waals surface area contributed by atoms with E-state index in [1.807, 2.05) is 13.8 Å². The number of aliphatic carboxylic acids is 1.